The largest absolute Gasteiger partial charge is 0.399 e. The van der Waals surface area contributed by atoms with Crippen LogP contribution < -0.4 is 5.73 Å². The Morgan fingerprint density at radius 1 is 1.14 bits per heavy atom. The first-order chi connectivity index (χ1) is 10.2. The molecule has 3 aromatic rings. The molecule has 0 aliphatic heterocycles. The van der Waals surface area contributed by atoms with Gasteiger partial charge < -0.3 is 5.73 Å². The molecule has 0 atom stereocenters. The molecule has 0 saturated carbocycles. The van der Waals surface area contributed by atoms with Crippen molar-refractivity contribution in [2.75, 3.05) is 5.73 Å². The second-order valence-electron chi connectivity index (χ2n) is 4.70. The van der Waals surface area contributed by atoms with Gasteiger partial charge in [0.15, 0.2) is 5.82 Å². The van der Waals surface area contributed by atoms with Crippen LogP contribution in [-0.4, -0.2) is 14.8 Å². The monoisotopic (exact) mass is 275 g/mol. The van der Waals surface area contributed by atoms with Crippen molar-refractivity contribution in [3.05, 3.63) is 66.0 Å². The van der Waals surface area contributed by atoms with Crippen molar-refractivity contribution in [3.8, 4) is 17.5 Å². The van der Waals surface area contributed by atoms with E-state index in [1.54, 1.807) is 23.1 Å². The van der Waals surface area contributed by atoms with Gasteiger partial charge in [-0.05, 0) is 29.8 Å². The van der Waals surface area contributed by atoms with Crippen molar-refractivity contribution in [2.24, 2.45) is 0 Å². The van der Waals surface area contributed by atoms with Crippen molar-refractivity contribution < 1.29 is 0 Å². The second-order valence-corrected chi connectivity index (χ2v) is 4.70. The van der Waals surface area contributed by atoms with E-state index in [9.17, 15) is 0 Å². The number of anilines is 1. The van der Waals surface area contributed by atoms with Crippen molar-refractivity contribution >= 4 is 5.69 Å². The van der Waals surface area contributed by atoms with Crippen LogP contribution in [-0.2, 0) is 6.54 Å². The zero-order valence-electron chi connectivity index (χ0n) is 11.3. The van der Waals surface area contributed by atoms with Gasteiger partial charge in [-0.1, -0.05) is 24.3 Å². The van der Waals surface area contributed by atoms with E-state index in [-0.39, 0.29) is 0 Å². The minimum Gasteiger partial charge on any atom is -0.399 e. The van der Waals surface area contributed by atoms with Gasteiger partial charge in [0.2, 0.25) is 0 Å². The number of aromatic nitrogens is 3. The zero-order valence-corrected chi connectivity index (χ0v) is 11.3. The first-order valence-electron chi connectivity index (χ1n) is 6.49. The first-order valence-corrected chi connectivity index (χ1v) is 6.49. The van der Waals surface area contributed by atoms with Crippen LogP contribution in [0.25, 0.3) is 11.4 Å². The molecule has 0 aliphatic carbocycles. The van der Waals surface area contributed by atoms with Crippen LogP contribution in [0.1, 0.15) is 11.1 Å². The molecule has 0 fully saturated rings. The summed E-state index contributed by atoms with van der Waals surface area (Å²) in [5, 5.41) is 13.2. The van der Waals surface area contributed by atoms with Gasteiger partial charge in [-0.25, -0.2) is 9.67 Å². The lowest BCUT2D eigenvalue weighted by molar-refractivity contribution is 0.687. The van der Waals surface area contributed by atoms with E-state index in [2.05, 4.69) is 16.2 Å². The summed E-state index contributed by atoms with van der Waals surface area (Å²) in [7, 11) is 0. The number of hydrogen-bond acceptors (Lipinski definition) is 4. The quantitative estimate of drug-likeness (QED) is 0.744. The Labute approximate surface area is 122 Å². The van der Waals surface area contributed by atoms with Crippen molar-refractivity contribution in [1.82, 2.24) is 14.8 Å². The van der Waals surface area contributed by atoms with E-state index in [0.29, 0.717) is 23.6 Å². The van der Waals surface area contributed by atoms with Crippen LogP contribution >= 0.6 is 0 Å². The van der Waals surface area contributed by atoms with Gasteiger partial charge in [-0.15, -0.1) is 0 Å². The normalized spacial score (nSPS) is 10.2. The Morgan fingerprint density at radius 3 is 2.67 bits per heavy atom. The Hall–Kier alpha value is -3.13. The van der Waals surface area contributed by atoms with Crippen LogP contribution in [0.2, 0.25) is 0 Å². The molecular formula is C16H13N5. The van der Waals surface area contributed by atoms with Crippen LogP contribution in [0.3, 0.4) is 0 Å². The van der Waals surface area contributed by atoms with Gasteiger partial charge >= 0.3 is 0 Å². The number of hydrogen-bond donors (Lipinski definition) is 1. The Kier molecular flexibility index (Phi) is 3.36. The van der Waals surface area contributed by atoms with E-state index >= 15 is 0 Å². The number of rotatable bonds is 3. The van der Waals surface area contributed by atoms with Crippen LogP contribution in [0.5, 0.6) is 0 Å². The summed E-state index contributed by atoms with van der Waals surface area (Å²) in [5.74, 6) is 0.649. The van der Waals surface area contributed by atoms with Crippen LogP contribution in [0.15, 0.2) is 54.9 Å². The van der Waals surface area contributed by atoms with Gasteiger partial charge in [-0.2, -0.15) is 10.4 Å². The van der Waals surface area contributed by atoms with Crippen LogP contribution in [0.4, 0.5) is 5.69 Å². The lowest BCUT2D eigenvalue weighted by Crippen LogP contribution is -2.00. The van der Waals surface area contributed by atoms with E-state index in [4.69, 9.17) is 11.0 Å². The maximum Gasteiger partial charge on any atom is 0.181 e. The van der Waals surface area contributed by atoms with Gasteiger partial charge in [-0.3, -0.25) is 0 Å². The van der Waals surface area contributed by atoms with E-state index < -0.39 is 0 Å². The smallest absolute Gasteiger partial charge is 0.181 e. The number of nitrogen functional groups attached to an aromatic ring is 1. The Balaban J connectivity index is 1.80. The summed E-state index contributed by atoms with van der Waals surface area (Å²) in [6, 6.07) is 17.0. The minimum atomic E-state index is 0.612. The number of nitriles is 1. The third-order valence-electron chi connectivity index (χ3n) is 3.11. The summed E-state index contributed by atoms with van der Waals surface area (Å²) in [5.41, 5.74) is 9.07. The van der Waals surface area contributed by atoms with Gasteiger partial charge in [0.25, 0.3) is 0 Å². The summed E-state index contributed by atoms with van der Waals surface area (Å²) in [6.45, 7) is 0.612. The third kappa shape index (κ3) is 2.90. The molecule has 0 amide bonds. The van der Waals surface area contributed by atoms with Crippen molar-refractivity contribution in [3.63, 3.8) is 0 Å². The maximum atomic E-state index is 8.78. The molecular weight excluding hydrogens is 262 g/mol. The van der Waals surface area contributed by atoms with Crippen LogP contribution in [0, 0.1) is 11.3 Å². The second kappa shape index (κ2) is 5.47. The van der Waals surface area contributed by atoms with Gasteiger partial charge in [0.1, 0.15) is 6.33 Å². The molecule has 1 heterocycles. The molecule has 0 spiro atoms. The maximum absolute atomic E-state index is 8.78. The highest BCUT2D eigenvalue weighted by atomic mass is 15.3. The van der Waals surface area contributed by atoms with E-state index in [1.807, 2.05) is 36.4 Å². The van der Waals surface area contributed by atoms with E-state index in [0.717, 1.165) is 11.1 Å². The first kappa shape index (κ1) is 12.9. The SMILES string of the molecule is N#Cc1ccc(Cn2cnc(-c3cccc(N)c3)n2)cc1. The molecule has 102 valence electrons. The molecule has 2 aromatic carbocycles. The Morgan fingerprint density at radius 2 is 1.95 bits per heavy atom. The lowest BCUT2D eigenvalue weighted by atomic mass is 10.1. The predicted octanol–water partition coefficient (Wildman–Crippen LogP) is 2.45. The summed E-state index contributed by atoms with van der Waals surface area (Å²) < 4.78 is 1.76. The minimum absolute atomic E-state index is 0.612. The fourth-order valence-electron chi connectivity index (χ4n) is 2.05. The number of nitrogens with two attached hydrogens (primary N) is 1. The number of nitrogens with zero attached hydrogens (tertiary/aromatic N) is 4. The zero-order chi connectivity index (χ0) is 14.7. The molecule has 0 bridgehead atoms. The highest BCUT2D eigenvalue weighted by Gasteiger charge is 2.05. The number of benzene rings is 2. The summed E-state index contributed by atoms with van der Waals surface area (Å²) in [4.78, 5) is 4.30. The van der Waals surface area contributed by atoms with Crippen molar-refractivity contribution in [2.45, 2.75) is 6.54 Å². The molecule has 5 heteroatoms. The average Bonchev–Trinajstić information content (AvgIpc) is 2.97. The molecule has 5 nitrogen and oxygen atoms in total. The molecule has 21 heavy (non-hydrogen) atoms. The highest BCUT2D eigenvalue weighted by molar-refractivity contribution is 5.60. The van der Waals surface area contributed by atoms with Gasteiger partial charge in [0.05, 0.1) is 18.2 Å². The highest BCUT2D eigenvalue weighted by Crippen LogP contribution is 2.17. The predicted molar refractivity (Wildman–Crippen MR) is 80.1 cm³/mol. The molecule has 1 aromatic heterocycles. The molecule has 3 rings (SSSR count). The fraction of sp³-hybridized carbons (Fsp3) is 0.0625. The Bertz CT molecular complexity index is 796. The fourth-order valence-corrected chi connectivity index (χ4v) is 2.05. The molecule has 0 unspecified atom stereocenters. The van der Waals surface area contributed by atoms with E-state index in [1.165, 1.54) is 0 Å². The summed E-state index contributed by atoms with van der Waals surface area (Å²) >= 11 is 0. The topological polar surface area (TPSA) is 80.5 Å². The molecule has 0 radical (unpaired) electrons. The third-order valence-corrected chi connectivity index (χ3v) is 3.11. The summed E-state index contributed by atoms with van der Waals surface area (Å²) in [6.07, 6.45) is 1.69. The molecule has 0 aliphatic rings. The van der Waals surface area contributed by atoms with Gasteiger partial charge in [0, 0.05) is 11.3 Å². The molecule has 2 N–H and O–H groups in total. The molecule has 0 saturated heterocycles. The lowest BCUT2D eigenvalue weighted by Gasteiger charge is -2.01. The standard InChI is InChI=1S/C16H13N5/c17-9-12-4-6-13(7-5-12)10-21-11-19-16(20-21)14-2-1-3-15(18)8-14/h1-8,11H,10,18H2. The average molecular weight is 275 g/mol. The van der Waals surface area contributed by atoms with Crippen molar-refractivity contribution in [1.29, 1.82) is 5.26 Å².